The van der Waals surface area contributed by atoms with Gasteiger partial charge in [-0.2, -0.15) is 16.7 Å². The number of rotatable bonds is 6. The largest absolute Gasteiger partial charge is 0.481 e. The molecule has 9 heteroatoms. The third kappa shape index (κ3) is 4.85. The number of carboxylic acids is 1. The first-order chi connectivity index (χ1) is 12.9. The maximum atomic E-state index is 13.4. The summed E-state index contributed by atoms with van der Waals surface area (Å²) < 4.78 is 18.6. The minimum Gasteiger partial charge on any atom is -0.481 e. The number of aryl methyl sites for hydroxylation is 2. The number of thioether (sulfide) groups is 1. The molecular weight excluding hydrogens is 373 g/mol. The second-order valence-corrected chi connectivity index (χ2v) is 7.54. The summed E-state index contributed by atoms with van der Waals surface area (Å²) in [4.78, 5) is 29.4. The van der Waals surface area contributed by atoms with Crippen molar-refractivity contribution in [2.45, 2.75) is 32.2 Å². The van der Waals surface area contributed by atoms with Crippen molar-refractivity contribution in [2.24, 2.45) is 0 Å². The number of carbonyl (C=O) groups is 2. The maximum Gasteiger partial charge on any atom is 0.305 e. The van der Waals surface area contributed by atoms with Crippen LogP contribution >= 0.6 is 11.8 Å². The van der Waals surface area contributed by atoms with Crippen molar-refractivity contribution >= 4 is 23.6 Å². The third-order valence-corrected chi connectivity index (χ3v) is 5.49. The van der Waals surface area contributed by atoms with Crippen LogP contribution in [-0.4, -0.2) is 56.1 Å². The Labute approximate surface area is 159 Å². The Bertz CT molecular complexity index is 842. The van der Waals surface area contributed by atoms with Gasteiger partial charge in [-0.05, 0) is 30.7 Å². The van der Waals surface area contributed by atoms with E-state index < -0.39 is 5.97 Å². The number of carboxylic acid groups (broad SMARTS) is 1. The first-order valence-corrected chi connectivity index (χ1v) is 9.77. The van der Waals surface area contributed by atoms with Crippen molar-refractivity contribution in [1.29, 1.82) is 0 Å². The summed E-state index contributed by atoms with van der Waals surface area (Å²) in [5.74, 6) is 0.780. The number of hydrogen-bond acceptors (Lipinski definition) is 6. The van der Waals surface area contributed by atoms with Gasteiger partial charge in [0.1, 0.15) is 5.82 Å². The van der Waals surface area contributed by atoms with Crippen LogP contribution in [0.5, 0.6) is 0 Å². The summed E-state index contributed by atoms with van der Waals surface area (Å²) in [5, 5.41) is 12.9. The van der Waals surface area contributed by atoms with E-state index in [1.165, 1.54) is 6.07 Å². The van der Waals surface area contributed by atoms with E-state index >= 15 is 0 Å². The van der Waals surface area contributed by atoms with Gasteiger partial charge in [-0.1, -0.05) is 5.16 Å². The van der Waals surface area contributed by atoms with E-state index in [9.17, 15) is 14.0 Å². The molecular formula is C18H20FN3O4S. The summed E-state index contributed by atoms with van der Waals surface area (Å²) in [7, 11) is 0. The molecule has 1 aliphatic heterocycles. The Balaban J connectivity index is 1.61. The van der Waals surface area contributed by atoms with Gasteiger partial charge >= 0.3 is 5.97 Å². The fraction of sp³-hybridized carbons (Fsp3) is 0.444. The lowest BCUT2D eigenvalue weighted by Crippen LogP contribution is -2.47. The molecule has 1 saturated heterocycles. The minimum absolute atomic E-state index is 0.0483. The van der Waals surface area contributed by atoms with Gasteiger partial charge < -0.3 is 14.5 Å². The lowest BCUT2D eigenvalue weighted by Gasteiger charge is -2.34. The lowest BCUT2D eigenvalue weighted by atomic mass is 10.1. The molecule has 144 valence electrons. The Morgan fingerprint density at radius 1 is 1.44 bits per heavy atom. The zero-order valence-corrected chi connectivity index (χ0v) is 15.7. The number of aliphatic carboxylic acids is 1. The highest BCUT2D eigenvalue weighted by Crippen LogP contribution is 2.22. The zero-order valence-electron chi connectivity index (χ0n) is 14.9. The molecule has 0 aliphatic carbocycles. The van der Waals surface area contributed by atoms with Crippen LogP contribution in [-0.2, 0) is 16.0 Å². The van der Waals surface area contributed by atoms with Gasteiger partial charge in [-0.15, -0.1) is 0 Å². The van der Waals surface area contributed by atoms with Crippen molar-refractivity contribution in [3.8, 4) is 11.4 Å². The molecule has 2 aromatic rings. The highest BCUT2D eigenvalue weighted by Gasteiger charge is 2.28. The van der Waals surface area contributed by atoms with Gasteiger partial charge in [-0.25, -0.2) is 4.39 Å². The second-order valence-electron chi connectivity index (χ2n) is 6.39. The predicted molar refractivity (Wildman–Crippen MR) is 97.8 cm³/mol. The van der Waals surface area contributed by atoms with E-state index in [0.29, 0.717) is 35.1 Å². The van der Waals surface area contributed by atoms with Crippen LogP contribution in [0, 0.1) is 12.7 Å². The monoisotopic (exact) mass is 393 g/mol. The van der Waals surface area contributed by atoms with Crippen LogP contribution in [0.25, 0.3) is 11.4 Å². The Hall–Kier alpha value is -2.42. The molecule has 7 nitrogen and oxygen atoms in total. The van der Waals surface area contributed by atoms with Crippen molar-refractivity contribution < 1.29 is 23.6 Å². The van der Waals surface area contributed by atoms with Crippen LogP contribution in [0.2, 0.25) is 0 Å². The number of aromatic nitrogens is 2. The van der Waals surface area contributed by atoms with E-state index in [4.69, 9.17) is 9.63 Å². The second kappa shape index (κ2) is 8.51. The van der Waals surface area contributed by atoms with Crippen LogP contribution in [0.4, 0.5) is 4.39 Å². The number of halogens is 1. The van der Waals surface area contributed by atoms with E-state index in [2.05, 4.69) is 10.1 Å². The van der Waals surface area contributed by atoms with E-state index in [1.807, 2.05) is 0 Å². The molecule has 1 unspecified atom stereocenters. The molecule has 3 rings (SSSR count). The topological polar surface area (TPSA) is 96.5 Å². The van der Waals surface area contributed by atoms with Gasteiger partial charge in [0.2, 0.25) is 17.6 Å². The molecule has 0 saturated carbocycles. The summed E-state index contributed by atoms with van der Waals surface area (Å²) in [6.07, 6.45) is 0.397. The van der Waals surface area contributed by atoms with Crippen LogP contribution in [0.3, 0.4) is 0 Å². The summed E-state index contributed by atoms with van der Waals surface area (Å²) in [5.41, 5.74) is 1.13. The molecule has 1 aromatic carbocycles. The SMILES string of the molecule is Cc1cc(-c2noc(CCC(=O)N3CCSCC3CC(=O)O)n2)ccc1F. The third-order valence-electron chi connectivity index (χ3n) is 4.40. The van der Waals surface area contributed by atoms with E-state index in [1.54, 1.807) is 35.7 Å². The van der Waals surface area contributed by atoms with Crippen molar-refractivity contribution in [1.82, 2.24) is 15.0 Å². The predicted octanol–water partition coefficient (Wildman–Crippen LogP) is 2.54. The highest BCUT2D eigenvalue weighted by atomic mass is 32.2. The molecule has 27 heavy (non-hydrogen) atoms. The van der Waals surface area contributed by atoms with E-state index in [0.717, 1.165) is 5.75 Å². The molecule has 0 radical (unpaired) electrons. The average Bonchev–Trinajstić information content (AvgIpc) is 3.11. The highest BCUT2D eigenvalue weighted by molar-refractivity contribution is 7.99. The number of amides is 1. The maximum absolute atomic E-state index is 13.4. The van der Waals surface area contributed by atoms with Crippen molar-refractivity contribution in [2.75, 3.05) is 18.1 Å². The molecule has 1 fully saturated rings. The normalized spacial score (nSPS) is 17.1. The molecule has 1 aromatic heterocycles. The fourth-order valence-electron chi connectivity index (χ4n) is 2.97. The summed E-state index contributed by atoms with van der Waals surface area (Å²) >= 11 is 1.66. The summed E-state index contributed by atoms with van der Waals surface area (Å²) in [6.45, 7) is 2.20. The van der Waals surface area contributed by atoms with Gasteiger partial charge in [0.25, 0.3) is 0 Å². The number of benzene rings is 1. The molecule has 1 aliphatic rings. The molecule has 1 amide bonds. The van der Waals surface area contributed by atoms with Crippen molar-refractivity contribution in [3.05, 3.63) is 35.5 Å². The van der Waals surface area contributed by atoms with Gasteiger partial charge in [0, 0.05) is 36.5 Å². The smallest absolute Gasteiger partial charge is 0.305 e. The lowest BCUT2D eigenvalue weighted by molar-refractivity contribution is -0.140. The first-order valence-electron chi connectivity index (χ1n) is 8.62. The Morgan fingerprint density at radius 2 is 2.26 bits per heavy atom. The molecule has 2 heterocycles. The van der Waals surface area contributed by atoms with Crippen molar-refractivity contribution in [3.63, 3.8) is 0 Å². The Morgan fingerprint density at radius 3 is 3.00 bits per heavy atom. The number of carbonyl (C=O) groups excluding carboxylic acids is 1. The minimum atomic E-state index is -0.906. The van der Waals surface area contributed by atoms with Gasteiger partial charge in [0.15, 0.2) is 0 Å². The average molecular weight is 393 g/mol. The first kappa shape index (κ1) is 19.3. The zero-order chi connectivity index (χ0) is 19.4. The van der Waals surface area contributed by atoms with Gasteiger partial charge in [-0.3, -0.25) is 9.59 Å². The van der Waals surface area contributed by atoms with Crippen LogP contribution in [0.1, 0.15) is 24.3 Å². The standard InChI is InChI=1S/C18H20FN3O4S/c1-11-8-12(2-3-14(11)19)18-20-15(26-21-18)4-5-16(23)22-6-7-27-10-13(22)9-17(24)25/h2-3,8,13H,4-7,9-10H2,1H3,(H,24,25). The number of nitrogens with zero attached hydrogens (tertiary/aromatic N) is 3. The fourth-order valence-corrected chi connectivity index (χ4v) is 4.03. The Kier molecular flexibility index (Phi) is 6.10. The molecule has 0 spiro atoms. The van der Waals surface area contributed by atoms with E-state index in [-0.39, 0.29) is 37.0 Å². The molecule has 1 atom stereocenters. The van der Waals surface area contributed by atoms with Crippen LogP contribution < -0.4 is 0 Å². The van der Waals surface area contributed by atoms with Gasteiger partial charge in [0.05, 0.1) is 12.5 Å². The molecule has 1 N–H and O–H groups in total. The van der Waals surface area contributed by atoms with Crippen LogP contribution in [0.15, 0.2) is 22.7 Å². The number of hydrogen-bond donors (Lipinski definition) is 1. The summed E-state index contributed by atoms with van der Waals surface area (Å²) in [6, 6.07) is 4.27. The quantitative estimate of drug-likeness (QED) is 0.805. The molecule has 0 bridgehead atoms.